The molecule has 0 saturated heterocycles. The van der Waals surface area contributed by atoms with Gasteiger partial charge in [0.2, 0.25) is 15.9 Å². The maximum absolute atomic E-state index is 13.2. The van der Waals surface area contributed by atoms with Crippen LogP contribution in [-0.2, 0) is 55.3 Å². The largest absolute Gasteiger partial charge is 0.478 e. The molecule has 330 valence electrons. The van der Waals surface area contributed by atoms with E-state index in [-0.39, 0.29) is 44.8 Å². The summed E-state index contributed by atoms with van der Waals surface area (Å²) in [5, 5.41) is 21.3. The maximum Gasteiger partial charge on any atom is 0.335 e. The van der Waals surface area contributed by atoms with Crippen LogP contribution in [0.3, 0.4) is 0 Å². The summed E-state index contributed by atoms with van der Waals surface area (Å²) < 4.78 is 57.0. The van der Waals surface area contributed by atoms with Gasteiger partial charge in [-0.05, 0) is 127 Å². The first-order valence-corrected chi connectivity index (χ1v) is 23.7. The van der Waals surface area contributed by atoms with Crippen molar-refractivity contribution in [2.24, 2.45) is 16.7 Å². The molecule has 63 heavy (non-hydrogen) atoms. The summed E-state index contributed by atoms with van der Waals surface area (Å²) in [6.07, 6.45) is 4.03. The van der Waals surface area contributed by atoms with E-state index in [4.69, 9.17) is 0 Å². The molecular formula is C48H51N3O10S2. The van der Waals surface area contributed by atoms with Crippen molar-refractivity contribution in [3.05, 3.63) is 155 Å². The number of nitrogens with one attached hydrogen (secondary N) is 3. The van der Waals surface area contributed by atoms with E-state index >= 15 is 0 Å². The van der Waals surface area contributed by atoms with Gasteiger partial charge in [0.15, 0.2) is 0 Å². The minimum absolute atomic E-state index is 0.0717. The summed E-state index contributed by atoms with van der Waals surface area (Å²) in [5.41, 5.74) is 3.87. The molecule has 0 heterocycles. The Labute approximate surface area is 368 Å². The Hall–Kier alpha value is -6.32. The molecule has 7 rings (SSSR count). The van der Waals surface area contributed by atoms with Crippen molar-refractivity contribution >= 4 is 60.7 Å². The van der Waals surface area contributed by atoms with E-state index in [9.17, 15) is 46.2 Å². The molecule has 2 bridgehead atoms. The van der Waals surface area contributed by atoms with Gasteiger partial charge in [0.05, 0.1) is 32.9 Å². The lowest BCUT2D eigenvalue weighted by molar-refractivity contribution is -0.128. The van der Waals surface area contributed by atoms with E-state index in [2.05, 4.69) is 14.8 Å². The fraction of sp³-hybridized carbons (Fsp3) is 0.292. The van der Waals surface area contributed by atoms with Crippen LogP contribution < -0.4 is 14.8 Å². The predicted molar refractivity (Wildman–Crippen MR) is 242 cm³/mol. The monoisotopic (exact) mass is 893 g/mol. The fourth-order valence-corrected chi connectivity index (χ4v) is 11.8. The van der Waals surface area contributed by atoms with E-state index in [0.29, 0.717) is 61.2 Å². The second-order valence-corrected chi connectivity index (χ2v) is 20.0. The lowest BCUT2D eigenvalue weighted by atomic mass is 9.70. The fourth-order valence-electron chi connectivity index (χ4n) is 8.84. The van der Waals surface area contributed by atoms with Crippen LogP contribution in [0.15, 0.2) is 126 Å². The number of benzene rings is 5. The molecule has 15 heteroatoms. The Morgan fingerprint density at radius 2 is 1.22 bits per heavy atom. The lowest BCUT2D eigenvalue weighted by Gasteiger charge is -2.36. The highest BCUT2D eigenvalue weighted by Gasteiger charge is 2.65. The SMILES string of the molecule is CC(=O)Nc1ccc(S(=O)(=O)Nc2cccc(CCc3ccccc3C(=O)O)c2)cc1.CC1(C)C2CCC1(CS(=O)(=O)Nc1ccccc1CCc1ccccc1C(=O)O)C(=O)C2. The molecular weight excluding hydrogens is 843 g/mol. The molecule has 0 radical (unpaired) electrons. The predicted octanol–water partition coefficient (Wildman–Crippen LogP) is 8.24. The standard InChI is InChI=1S/C25H29NO5S.C23H22N2O5S/c1-24(2)19-13-14-25(24,22(27)15-19)16-32(30,31)26-21-10-6-4-8-18(21)12-11-17-7-3-5-9-20(17)23(28)29;1-16(26)24-19-11-13-21(14-12-19)31(29,30)25-20-7-4-5-17(15-20)9-10-18-6-2-3-8-22(18)23(27)28/h3-10,19,26H,11-16H2,1-2H3,(H,28,29);2-8,11-15,25H,9-10H2,1H3,(H,24,26)(H,27,28). The van der Waals surface area contributed by atoms with E-state index in [1.165, 1.54) is 31.2 Å². The number of amides is 1. The number of sulfonamides is 2. The van der Waals surface area contributed by atoms with Crippen molar-refractivity contribution in [3.8, 4) is 0 Å². The Morgan fingerprint density at radius 3 is 1.78 bits per heavy atom. The topological polar surface area (TPSA) is 213 Å². The third-order valence-corrected chi connectivity index (χ3v) is 15.2. The molecule has 2 unspecified atom stereocenters. The van der Waals surface area contributed by atoms with Gasteiger partial charge < -0.3 is 15.5 Å². The highest BCUT2D eigenvalue weighted by atomic mass is 32.2. The summed E-state index contributed by atoms with van der Waals surface area (Å²) in [5.74, 6) is -2.06. The first kappa shape index (κ1) is 46.2. The van der Waals surface area contributed by atoms with Crippen LogP contribution in [-0.4, -0.2) is 56.4 Å². The van der Waals surface area contributed by atoms with Gasteiger partial charge in [-0.1, -0.05) is 80.6 Å². The number of carboxylic acid groups (broad SMARTS) is 2. The van der Waals surface area contributed by atoms with Gasteiger partial charge in [-0.2, -0.15) is 0 Å². The second-order valence-electron chi connectivity index (χ2n) is 16.6. The minimum Gasteiger partial charge on any atom is -0.478 e. The quantitative estimate of drug-likeness (QED) is 0.0640. The Balaban J connectivity index is 0.000000210. The molecule has 0 aromatic heterocycles. The Morgan fingerprint density at radius 1 is 0.667 bits per heavy atom. The number of anilines is 3. The molecule has 2 aliphatic rings. The zero-order valence-corrected chi connectivity index (χ0v) is 36.9. The third kappa shape index (κ3) is 10.8. The van der Waals surface area contributed by atoms with Crippen molar-refractivity contribution < 1.29 is 46.2 Å². The molecule has 1 amide bonds. The zero-order chi connectivity index (χ0) is 45.6. The molecule has 13 nitrogen and oxygen atoms in total. The van der Waals surface area contributed by atoms with E-state index < -0.39 is 37.4 Å². The normalized spacial score (nSPS) is 17.6. The van der Waals surface area contributed by atoms with Crippen molar-refractivity contribution in [3.63, 3.8) is 0 Å². The van der Waals surface area contributed by atoms with Crippen molar-refractivity contribution in [1.82, 2.24) is 0 Å². The van der Waals surface area contributed by atoms with Gasteiger partial charge >= 0.3 is 11.9 Å². The number of hydrogen-bond acceptors (Lipinski definition) is 8. The number of carbonyl (C=O) groups excluding carboxylic acids is 2. The molecule has 5 aromatic carbocycles. The molecule has 5 N–H and O–H groups in total. The van der Waals surface area contributed by atoms with Gasteiger partial charge in [0.1, 0.15) is 5.78 Å². The highest BCUT2D eigenvalue weighted by Crippen LogP contribution is 2.64. The number of fused-ring (bicyclic) bond motifs is 2. The number of Topliss-reactive ketones (excluding diaryl/α,β-unsaturated/α-hetero) is 1. The van der Waals surface area contributed by atoms with Crippen LogP contribution >= 0.6 is 0 Å². The third-order valence-electron chi connectivity index (χ3n) is 12.4. The number of aryl methyl sites for hydroxylation is 4. The van der Waals surface area contributed by atoms with Gasteiger partial charge in [0, 0.05) is 24.7 Å². The van der Waals surface area contributed by atoms with Crippen LogP contribution in [0.1, 0.15) is 83.0 Å². The smallest absolute Gasteiger partial charge is 0.335 e. The number of carbonyl (C=O) groups is 4. The highest BCUT2D eigenvalue weighted by molar-refractivity contribution is 7.93. The molecule has 2 fully saturated rings. The second kappa shape index (κ2) is 19.0. The summed E-state index contributed by atoms with van der Waals surface area (Å²) in [6, 6.07) is 33.7. The first-order valence-electron chi connectivity index (χ1n) is 20.5. The minimum atomic E-state index is -3.80. The van der Waals surface area contributed by atoms with Crippen LogP contribution in [0.5, 0.6) is 0 Å². The summed E-state index contributed by atoms with van der Waals surface area (Å²) in [7, 11) is -7.56. The molecule has 2 atom stereocenters. The molecule has 2 saturated carbocycles. The summed E-state index contributed by atoms with van der Waals surface area (Å²) in [6.45, 7) is 5.43. The Kier molecular flexibility index (Phi) is 13.9. The van der Waals surface area contributed by atoms with Gasteiger partial charge in [0.25, 0.3) is 10.0 Å². The number of carboxylic acids is 2. The number of rotatable bonds is 16. The van der Waals surface area contributed by atoms with E-state index in [1.807, 2.05) is 32.0 Å². The van der Waals surface area contributed by atoms with Crippen LogP contribution in [0, 0.1) is 16.7 Å². The lowest BCUT2D eigenvalue weighted by Crippen LogP contribution is -2.43. The summed E-state index contributed by atoms with van der Waals surface area (Å²) in [4.78, 5) is 46.8. The zero-order valence-electron chi connectivity index (χ0n) is 35.3. The summed E-state index contributed by atoms with van der Waals surface area (Å²) >= 11 is 0. The van der Waals surface area contributed by atoms with E-state index in [0.717, 1.165) is 23.1 Å². The van der Waals surface area contributed by atoms with Crippen LogP contribution in [0.2, 0.25) is 0 Å². The Bertz CT molecular complexity index is 2750. The average Bonchev–Trinajstić information content (AvgIpc) is 3.57. The maximum atomic E-state index is 13.2. The number of hydrogen-bond donors (Lipinski definition) is 5. The van der Waals surface area contributed by atoms with E-state index in [1.54, 1.807) is 78.9 Å². The number of para-hydroxylation sites is 1. The molecule has 0 aliphatic heterocycles. The van der Waals surface area contributed by atoms with Crippen LogP contribution in [0.4, 0.5) is 17.1 Å². The van der Waals surface area contributed by atoms with Crippen molar-refractivity contribution in [2.45, 2.75) is 70.6 Å². The molecule has 0 spiro atoms. The van der Waals surface area contributed by atoms with Crippen LogP contribution in [0.25, 0.3) is 0 Å². The van der Waals surface area contributed by atoms with Crippen molar-refractivity contribution in [2.75, 3.05) is 20.5 Å². The van der Waals surface area contributed by atoms with Gasteiger partial charge in [-0.15, -0.1) is 0 Å². The average molecular weight is 894 g/mol. The van der Waals surface area contributed by atoms with Gasteiger partial charge in [-0.3, -0.25) is 19.0 Å². The number of ketones is 1. The number of aromatic carboxylic acids is 2. The van der Waals surface area contributed by atoms with Gasteiger partial charge in [-0.25, -0.2) is 26.4 Å². The molecule has 5 aromatic rings. The molecule has 2 aliphatic carbocycles. The van der Waals surface area contributed by atoms with Crippen molar-refractivity contribution in [1.29, 1.82) is 0 Å². The first-order chi connectivity index (χ1) is 29.8.